The van der Waals surface area contributed by atoms with Crippen LogP contribution in [0.25, 0.3) is 0 Å². The van der Waals surface area contributed by atoms with Gasteiger partial charge in [-0.25, -0.2) is 0 Å². The van der Waals surface area contributed by atoms with Gasteiger partial charge >= 0.3 is 346 Å². The summed E-state index contributed by atoms with van der Waals surface area (Å²) in [5.41, 5.74) is 0. The number of rotatable bonds is 32. The van der Waals surface area contributed by atoms with E-state index in [9.17, 15) is 28.1 Å². The van der Waals surface area contributed by atoms with Gasteiger partial charge in [0.1, 0.15) is 0 Å². The standard InChI is InChI=1S/4C8H17O.8O.5Ti/c4*1-2-3-4-5-6-7-8-9;;;;;;;;;;;;;/h4*2-8H2,1H3;;;;;;;;;;;;;/q4*-1;;;;;4*-1;4*+1;+4. The number of hydrogen-bond donors (Lipinski definition) is 0. The summed E-state index contributed by atoms with van der Waals surface area (Å²) in [5, 5.41) is 0. The van der Waals surface area contributed by atoms with E-state index in [1.165, 1.54) is 103 Å². The minimum Gasteiger partial charge on any atom is 4.00 e. The van der Waals surface area contributed by atoms with E-state index in [-0.39, 0.29) is 21.7 Å². The molecule has 0 aromatic carbocycles. The Morgan fingerprint density at radius 3 is 0.592 bits per heavy atom. The van der Waals surface area contributed by atoms with Crippen molar-refractivity contribution in [3.63, 3.8) is 0 Å². The minimum absolute atomic E-state index is 0. The summed E-state index contributed by atoms with van der Waals surface area (Å²) in [6.07, 6.45) is 27.8. The third kappa shape index (κ3) is 80.1. The second-order valence-electron chi connectivity index (χ2n) is 11.5. The van der Waals surface area contributed by atoms with Gasteiger partial charge in [-0.15, -0.1) is 0 Å². The molecule has 0 aliphatic rings. The van der Waals surface area contributed by atoms with Crippen molar-refractivity contribution in [2.24, 2.45) is 0 Å². The Hall–Kier alpha value is 2.45. The summed E-state index contributed by atoms with van der Waals surface area (Å²) in [6, 6.07) is 0. The summed E-state index contributed by atoms with van der Waals surface area (Å²) in [6.45, 7) is 10.3. The van der Waals surface area contributed by atoms with Gasteiger partial charge in [0.2, 0.25) is 0 Å². The topological polar surface area (TPSA) is 197 Å². The molecule has 0 bridgehead atoms. The van der Waals surface area contributed by atoms with Crippen molar-refractivity contribution in [2.45, 2.75) is 182 Å². The molecular weight excluding hydrogens is 816 g/mol. The molecule has 0 heterocycles. The van der Waals surface area contributed by atoms with E-state index in [4.69, 9.17) is 0 Å². The van der Waals surface area contributed by atoms with Crippen LogP contribution in [-0.2, 0) is 123 Å². The van der Waals surface area contributed by atoms with Crippen LogP contribution in [0.4, 0.5) is 0 Å². The molecular formula is C32H68O12Ti5. The minimum atomic E-state index is -3.46. The van der Waals surface area contributed by atoms with Gasteiger partial charge in [-0.1, -0.05) is 0 Å². The first-order valence-electron chi connectivity index (χ1n) is 18.4. The van der Waals surface area contributed by atoms with Crippen LogP contribution in [0, 0.1) is 0 Å². The molecule has 0 spiro atoms. The van der Waals surface area contributed by atoms with E-state index < -0.39 is 74.5 Å². The Morgan fingerprint density at radius 1 is 0.306 bits per heavy atom. The molecule has 0 saturated heterocycles. The zero-order valence-electron chi connectivity index (χ0n) is 31.2. The van der Waals surface area contributed by atoms with Gasteiger partial charge in [-0.2, -0.15) is 0 Å². The summed E-state index contributed by atoms with van der Waals surface area (Å²) < 4.78 is 98.4. The molecule has 0 radical (unpaired) electrons. The normalized spacial score (nSPS) is 9.96. The predicted molar refractivity (Wildman–Crippen MR) is 160 cm³/mol. The molecule has 288 valence electrons. The van der Waals surface area contributed by atoms with Gasteiger partial charge in [0, 0.05) is 0 Å². The zero-order valence-corrected chi connectivity index (χ0v) is 39.0. The van der Waals surface area contributed by atoms with Gasteiger partial charge in [0.15, 0.2) is 0 Å². The first-order chi connectivity index (χ1) is 23.1. The molecule has 0 aliphatic heterocycles. The third-order valence-corrected chi connectivity index (χ3v) is 9.62. The van der Waals surface area contributed by atoms with Gasteiger partial charge in [-0.05, 0) is 0 Å². The van der Waals surface area contributed by atoms with Crippen molar-refractivity contribution in [3.8, 4) is 0 Å². The Labute approximate surface area is 342 Å². The van der Waals surface area contributed by atoms with E-state index in [1.807, 2.05) is 0 Å². The molecule has 0 rings (SSSR count). The average Bonchev–Trinajstić information content (AvgIpc) is 3.03. The van der Waals surface area contributed by atoms with Crippen LogP contribution >= 0.6 is 0 Å². The van der Waals surface area contributed by atoms with E-state index in [0.717, 1.165) is 51.4 Å². The van der Waals surface area contributed by atoms with Crippen LogP contribution in [-0.4, -0.2) is 26.4 Å². The molecule has 0 aromatic rings. The molecule has 12 nitrogen and oxygen atoms in total. The Kier molecular flexibility index (Phi) is 70.8. The largest absolute Gasteiger partial charge is 4.00 e. The fourth-order valence-corrected chi connectivity index (χ4v) is 6.09. The maximum atomic E-state index is 10.1. The SMILES string of the molecule is CCCCCCCC[O][Ti](=[O])[O-].CCCCCCCC[O][Ti](=[O])[O-].CCCCCCCC[O][Ti](=[O])[O-].CCCCCCCC[O][Ti](=[O])[O-].[Ti+4]. The third-order valence-electron chi connectivity index (χ3n) is 6.87. The van der Waals surface area contributed by atoms with Crippen molar-refractivity contribution in [1.29, 1.82) is 0 Å². The second kappa shape index (κ2) is 57.2. The van der Waals surface area contributed by atoms with Gasteiger partial charge in [0.25, 0.3) is 0 Å². The maximum absolute atomic E-state index is 10.1. The Bertz CT molecular complexity index is 583. The van der Waals surface area contributed by atoms with E-state index >= 15 is 0 Å². The Balaban J connectivity index is -0.000000174. The monoisotopic (exact) mass is 884 g/mol. The van der Waals surface area contributed by atoms with Crippen LogP contribution in [0.3, 0.4) is 0 Å². The van der Waals surface area contributed by atoms with E-state index in [1.54, 1.807) is 0 Å². The van der Waals surface area contributed by atoms with E-state index in [0.29, 0.717) is 26.4 Å². The molecule has 49 heavy (non-hydrogen) atoms. The van der Waals surface area contributed by atoms with Crippen LogP contribution in [0.5, 0.6) is 0 Å². The molecule has 0 N–H and O–H groups in total. The molecule has 0 atom stereocenters. The molecule has 0 fully saturated rings. The smallest absolute Gasteiger partial charge is 4.00 e. The fraction of sp³-hybridized carbons (Fsp3) is 1.00. The van der Waals surface area contributed by atoms with Crippen LogP contribution in [0.1, 0.15) is 182 Å². The zero-order chi connectivity index (χ0) is 36.9. The first kappa shape index (κ1) is 60.7. The molecule has 17 heteroatoms. The van der Waals surface area contributed by atoms with Crippen molar-refractivity contribution in [3.05, 3.63) is 0 Å². The van der Waals surface area contributed by atoms with Crippen LogP contribution in [0.2, 0.25) is 0 Å². The summed E-state index contributed by atoms with van der Waals surface area (Å²) in [5.74, 6) is 0. The van der Waals surface area contributed by atoms with Crippen molar-refractivity contribution in [2.75, 3.05) is 26.4 Å². The molecule has 0 saturated carbocycles. The van der Waals surface area contributed by atoms with Gasteiger partial charge < -0.3 is 0 Å². The number of hydrogen-bond acceptors (Lipinski definition) is 12. The summed E-state index contributed by atoms with van der Waals surface area (Å²) >= 11 is -13.9. The maximum Gasteiger partial charge on any atom is 4.00 e. The second-order valence-corrected chi connectivity index (χ2v) is 16.4. The molecule has 0 aliphatic carbocycles. The molecule has 0 aromatic heterocycles. The fourth-order valence-electron chi connectivity index (χ4n) is 4.15. The number of unbranched alkanes of at least 4 members (excludes halogenated alkanes) is 20. The van der Waals surface area contributed by atoms with Gasteiger partial charge in [0.05, 0.1) is 0 Å². The van der Waals surface area contributed by atoms with Crippen LogP contribution in [0.15, 0.2) is 0 Å². The van der Waals surface area contributed by atoms with Gasteiger partial charge in [-0.3, -0.25) is 0 Å². The van der Waals surface area contributed by atoms with Crippen molar-refractivity contribution in [1.82, 2.24) is 0 Å². The predicted octanol–water partition coefficient (Wildman–Crippen LogP) is 6.07. The summed E-state index contributed by atoms with van der Waals surface area (Å²) in [7, 11) is 0. The van der Waals surface area contributed by atoms with Crippen molar-refractivity contribution < 1.29 is 138 Å². The van der Waals surface area contributed by atoms with Crippen LogP contribution < -0.4 is 14.8 Å². The summed E-state index contributed by atoms with van der Waals surface area (Å²) in [4.78, 5) is 0. The average molecular weight is 884 g/mol. The van der Waals surface area contributed by atoms with Crippen molar-refractivity contribution >= 4 is 0 Å². The first-order valence-corrected chi connectivity index (χ1v) is 26.1. The molecule has 0 unspecified atom stereocenters. The quantitative estimate of drug-likeness (QED) is 0.0560. The Morgan fingerprint density at radius 2 is 0.449 bits per heavy atom. The van der Waals surface area contributed by atoms with E-state index in [2.05, 4.69) is 41.0 Å². The molecule has 0 amide bonds.